The summed E-state index contributed by atoms with van der Waals surface area (Å²) in [6.45, 7) is 3.02. The minimum absolute atomic E-state index is 0.0673. The molecule has 1 amide bonds. The van der Waals surface area contributed by atoms with Crippen LogP contribution >= 0.6 is 24.0 Å². The minimum Gasteiger partial charge on any atom is -0.488 e. The monoisotopic (exact) mass is 431 g/mol. The highest BCUT2D eigenvalue weighted by Crippen LogP contribution is 2.35. The van der Waals surface area contributed by atoms with E-state index < -0.39 is 0 Å². The van der Waals surface area contributed by atoms with E-state index in [0.717, 1.165) is 22.4 Å². The van der Waals surface area contributed by atoms with Gasteiger partial charge in [0.2, 0.25) is 0 Å². The normalized spacial score (nSPS) is 15.1. The lowest BCUT2D eigenvalue weighted by Gasteiger charge is -2.14. The zero-order chi connectivity index (χ0) is 20.9. The standard InChI is InChI=1S/C25H21NO2S2/c1-18-8-7-11-20(14-18)17-28-22-13-6-5-12-21(22)15-23-24(27)26(25(29)30-23)16-19-9-3-2-4-10-19/h2-15H,16-17H2,1H3. The second-order valence-corrected chi connectivity index (χ2v) is 8.74. The number of carbonyl (C=O) groups excluding carboxylic acids is 1. The van der Waals surface area contributed by atoms with Gasteiger partial charge in [-0.25, -0.2) is 0 Å². The summed E-state index contributed by atoms with van der Waals surface area (Å²) in [4.78, 5) is 15.2. The van der Waals surface area contributed by atoms with E-state index in [0.29, 0.717) is 22.4 Å². The first kappa shape index (κ1) is 20.4. The molecule has 0 unspecified atom stereocenters. The Bertz CT molecular complexity index is 1110. The fourth-order valence-electron chi connectivity index (χ4n) is 3.24. The number of thioether (sulfide) groups is 1. The summed E-state index contributed by atoms with van der Waals surface area (Å²) in [5.41, 5.74) is 4.23. The van der Waals surface area contributed by atoms with Crippen LogP contribution in [-0.4, -0.2) is 15.1 Å². The lowest BCUT2D eigenvalue weighted by atomic mass is 10.1. The van der Waals surface area contributed by atoms with Crippen molar-refractivity contribution in [3.63, 3.8) is 0 Å². The third-order valence-corrected chi connectivity index (χ3v) is 6.12. The highest BCUT2D eigenvalue weighted by atomic mass is 32.2. The first-order valence-corrected chi connectivity index (χ1v) is 10.9. The highest BCUT2D eigenvalue weighted by Gasteiger charge is 2.32. The van der Waals surface area contributed by atoms with Crippen molar-refractivity contribution >= 4 is 40.3 Å². The molecule has 5 heteroatoms. The Balaban J connectivity index is 1.52. The molecule has 0 aromatic heterocycles. The topological polar surface area (TPSA) is 29.5 Å². The number of hydrogen-bond acceptors (Lipinski definition) is 4. The van der Waals surface area contributed by atoms with Gasteiger partial charge in [-0.1, -0.05) is 102 Å². The molecule has 1 heterocycles. The molecule has 0 spiro atoms. The summed E-state index contributed by atoms with van der Waals surface area (Å²) in [5.74, 6) is 0.676. The number of rotatable bonds is 6. The van der Waals surface area contributed by atoms with E-state index in [1.807, 2.05) is 72.8 Å². The van der Waals surface area contributed by atoms with E-state index in [1.54, 1.807) is 4.90 Å². The largest absolute Gasteiger partial charge is 0.488 e. The molecule has 0 saturated carbocycles. The highest BCUT2D eigenvalue weighted by molar-refractivity contribution is 8.26. The maximum atomic E-state index is 13.0. The molecule has 3 aromatic rings. The van der Waals surface area contributed by atoms with Gasteiger partial charge in [0.15, 0.2) is 0 Å². The second kappa shape index (κ2) is 9.28. The molecule has 0 radical (unpaired) electrons. The van der Waals surface area contributed by atoms with Gasteiger partial charge in [-0.3, -0.25) is 9.69 Å². The lowest BCUT2D eigenvalue weighted by Crippen LogP contribution is -2.27. The summed E-state index contributed by atoms with van der Waals surface area (Å²) < 4.78 is 6.64. The van der Waals surface area contributed by atoms with Crippen LogP contribution in [0, 0.1) is 6.92 Å². The van der Waals surface area contributed by atoms with E-state index in [4.69, 9.17) is 17.0 Å². The second-order valence-electron chi connectivity index (χ2n) is 7.07. The van der Waals surface area contributed by atoms with E-state index in [1.165, 1.54) is 17.3 Å². The molecule has 0 atom stereocenters. The van der Waals surface area contributed by atoms with Crippen LogP contribution in [0.3, 0.4) is 0 Å². The molecule has 3 aromatic carbocycles. The Morgan fingerprint density at radius 1 is 0.967 bits per heavy atom. The molecule has 1 saturated heterocycles. The SMILES string of the molecule is Cc1cccc(COc2ccccc2C=C2SC(=S)N(Cc3ccccc3)C2=O)c1. The van der Waals surface area contributed by atoms with Gasteiger partial charge < -0.3 is 4.74 Å². The molecular formula is C25H21NO2S2. The summed E-state index contributed by atoms with van der Waals surface area (Å²) in [5, 5.41) is 0. The fourth-order valence-corrected chi connectivity index (χ4v) is 4.48. The summed E-state index contributed by atoms with van der Waals surface area (Å²) in [6, 6.07) is 25.9. The third-order valence-electron chi connectivity index (χ3n) is 4.74. The van der Waals surface area contributed by atoms with Crippen LogP contribution in [0.25, 0.3) is 6.08 Å². The first-order valence-electron chi connectivity index (χ1n) is 9.67. The van der Waals surface area contributed by atoms with Crippen molar-refractivity contribution in [3.8, 4) is 5.75 Å². The Labute approximate surface area is 186 Å². The van der Waals surface area contributed by atoms with E-state index in [-0.39, 0.29) is 5.91 Å². The Kier molecular flexibility index (Phi) is 6.31. The average molecular weight is 432 g/mol. The van der Waals surface area contributed by atoms with Gasteiger partial charge in [0.1, 0.15) is 16.7 Å². The molecule has 1 aliphatic heterocycles. The van der Waals surface area contributed by atoms with Gasteiger partial charge >= 0.3 is 0 Å². The van der Waals surface area contributed by atoms with Gasteiger partial charge in [-0.15, -0.1) is 0 Å². The molecule has 1 aliphatic rings. The summed E-state index contributed by atoms with van der Waals surface area (Å²) in [7, 11) is 0. The van der Waals surface area contributed by atoms with Crippen LogP contribution in [-0.2, 0) is 17.9 Å². The van der Waals surface area contributed by atoms with Crippen molar-refractivity contribution < 1.29 is 9.53 Å². The van der Waals surface area contributed by atoms with Gasteiger partial charge in [0.25, 0.3) is 5.91 Å². The zero-order valence-corrected chi connectivity index (χ0v) is 18.2. The number of nitrogens with zero attached hydrogens (tertiary/aromatic N) is 1. The minimum atomic E-state index is -0.0673. The van der Waals surface area contributed by atoms with Crippen molar-refractivity contribution in [2.24, 2.45) is 0 Å². The number of ether oxygens (including phenoxy) is 1. The lowest BCUT2D eigenvalue weighted by molar-refractivity contribution is -0.122. The van der Waals surface area contributed by atoms with Crippen LogP contribution in [0.1, 0.15) is 22.3 Å². The molecule has 1 fully saturated rings. The molecule has 0 N–H and O–H groups in total. The summed E-state index contributed by atoms with van der Waals surface area (Å²) in [6.07, 6.45) is 1.87. The molecule has 4 rings (SSSR count). The van der Waals surface area contributed by atoms with Gasteiger partial charge in [-0.05, 0) is 30.2 Å². The van der Waals surface area contributed by atoms with Crippen LogP contribution in [0.2, 0.25) is 0 Å². The van der Waals surface area contributed by atoms with Crippen LogP contribution in [0.5, 0.6) is 5.75 Å². The molecule has 0 aliphatic carbocycles. The molecular weight excluding hydrogens is 410 g/mol. The van der Waals surface area contributed by atoms with Crippen LogP contribution in [0.15, 0.2) is 83.8 Å². The van der Waals surface area contributed by atoms with Gasteiger partial charge in [0.05, 0.1) is 11.4 Å². The molecule has 3 nitrogen and oxygen atoms in total. The molecule has 30 heavy (non-hydrogen) atoms. The molecule has 0 bridgehead atoms. The Hall–Kier alpha value is -2.89. The average Bonchev–Trinajstić information content (AvgIpc) is 3.01. The van der Waals surface area contributed by atoms with E-state index in [9.17, 15) is 4.79 Å². The number of para-hydroxylation sites is 1. The van der Waals surface area contributed by atoms with E-state index >= 15 is 0 Å². The zero-order valence-electron chi connectivity index (χ0n) is 16.6. The fraction of sp³-hybridized carbons (Fsp3) is 0.120. The first-order chi connectivity index (χ1) is 14.6. The van der Waals surface area contributed by atoms with Crippen molar-refractivity contribution in [2.45, 2.75) is 20.1 Å². The number of thiocarbonyl (C=S) groups is 1. The van der Waals surface area contributed by atoms with Crippen LogP contribution < -0.4 is 4.74 Å². The summed E-state index contributed by atoms with van der Waals surface area (Å²) >= 11 is 6.80. The quantitative estimate of drug-likeness (QED) is 0.355. The number of carbonyl (C=O) groups is 1. The number of benzene rings is 3. The van der Waals surface area contributed by atoms with Crippen molar-refractivity contribution in [3.05, 3.63) is 106 Å². The number of hydrogen-bond donors (Lipinski definition) is 0. The van der Waals surface area contributed by atoms with Crippen molar-refractivity contribution in [2.75, 3.05) is 0 Å². The van der Waals surface area contributed by atoms with Crippen molar-refractivity contribution in [1.29, 1.82) is 0 Å². The maximum absolute atomic E-state index is 13.0. The predicted molar refractivity (Wildman–Crippen MR) is 127 cm³/mol. The van der Waals surface area contributed by atoms with E-state index in [2.05, 4.69) is 19.1 Å². The predicted octanol–water partition coefficient (Wildman–Crippen LogP) is 5.98. The van der Waals surface area contributed by atoms with Gasteiger partial charge in [-0.2, -0.15) is 0 Å². The maximum Gasteiger partial charge on any atom is 0.266 e. The van der Waals surface area contributed by atoms with Gasteiger partial charge in [0, 0.05) is 5.56 Å². The third kappa shape index (κ3) is 4.81. The molecule has 150 valence electrons. The smallest absolute Gasteiger partial charge is 0.266 e. The number of amides is 1. The Morgan fingerprint density at radius 3 is 2.50 bits per heavy atom. The van der Waals surface area contributed by atoms with Crippen molar-refractivity contribution in [1.82, 2.24) is 4.90 Å². The van der Waals surface area contributed by atoms with Crippen LogP contribution in [0.4, 0.5) is 0 Å². The number of aryl methyl sites for hydroxylation is 1. The Morgan fingerprint density at radius 2 is 1.70 bits per heavy atom.